The van der Waals surface area contributed by atoms with E-state index in [9.17, 15) is 4.79 Å². The predicted octanol–water partition coefficient (Wildman–Crippen LogP) is 5.22. The van der Waals surface area contributed by atoms with Gasteiger partial charge in [0.1, 0.15) is 41.1 Å². The van der Waals surface area contributed by atoms with E-state index < -0.39 is 29.7 Å². The van der Waals surface area contributed by atoms with Crippen LogP contribution in [0.5, 0.6) is 0 Å². The maximum absolute atomic E-state index is 12.4. The third kappa shape index (κ3) is 4.40. The van der Waals surface area contributed by atoms with E-state index in [1.807, 2.05) is 68.4 Å². The van der Waals surface area contributed by atoms with Crippen LogP contribution in [0.2, 0.25) is 0 Å². The molecule has 0 spiro atoms. The lowest BCUT2D eigenvalue weighted by Crippen LogP contribution is -2.39. The van der Waals surface area contributed by atoms with Crippen molar-refractivity contribution >= 4 is 11.0 Å². The Labute approximate surface area is 237 Å². The number of benzene rings is 3. The van der Waals surface area contributed by atoms with Crippen LogP contribution in [-0.4, -0.2) is 45.7 Å². The first kappa shape index (κ1) is 25.9. The number of H-pyrrole nitrogens is 2. The van der Waals surface area contributed by atoms with Crippen molar-refractivity contribution in [2.75, 3.05) is 6.61 Å². The number of hydrogen-bond donors (Lipinski definition) is 2. The third-order valence-electron chi connectivity index (χ3n) is 7.96. The molecule has 4 atom stereocenters. The minimum absolute atomic E-state index is 0.228. The van der Waals surface area contributed by atoms with Crippen molar-refractivity contribution in [1.29, 1.82) is 0 Å². The Morgan fingerprint density at radius 1 is 0.829 bits per heavy atom. The maximum Gasteiger partial charge on any atom is 0.275 e. The van der Waals surface area contributed by atoms with Crippen LogP contribution in [0.1, 0.15) is 42.2 Å². The number of ether oxygens (including phenoxy) is 4. The molecule has 0 amide bonds. The summed E-state index contributed by atoms with van der Waals surface area (Å²) in [4.78, 5) is 22.5. The third-order valence-corrected chi connectivity index (χ3v) is 7.96. The van der Waals surface area contributed by atoms with Crippen LogP contribution in [0.4, 0.5) is 0 Å². The van der Waals surface area contributed by atoms with Gasteiger partial charge in [-0.25, -0.2) is 4.98 Å². The van der Waals surface area contributed by atoms with Crippen LogP contribution in [0.25, 0.3) is 11.0 Å². The normalized spacial score (nSPS) is 23.6. The van der Waals surface area contributed by atoms with Crippen molar-refractivity contribution < 1.29 is 18.9 Å². The molecular formula is C33H31N3O5. The average molecular weight is 550 g/mol. The van der Waals surface area contributed by atoms with Crippen LogP contribution in [0.15, 0.2) is 108 Å². The van der Waals surface area contributed by atoms with E-state index >= 15 is 0 Å². The van der Waals surface area contributed by atoms with Gasteiger partial charge in [0, 0.05) is 11.8 Å². The van der Waals surface area contributed by atoms with Gasteiger partial charge in [0.15, 0.2) is 5.79 Å². The summed E-state index contributed by atoms with van der Waals surface area (Å²) >= 11 is 0. The molecule has 3 aromatic carbocycles. The molecule has 0 saturated carbocycles. The van der Waals surface area contributed by atoms with Crippen molar-refractivity contribution in [3.63, 3.8) is 0 Å². The van der Waals surface area contributed by atoms with Crippen LogP contribution in [-0.2, 0) is 24.5 Å². The van der Waals surface area contributed by atoms with E-state index in [1.165, 1.54) is 6.33 Å². The zero-order chi connectivity index (χ0) is 28.0. The van der Waals surface area contributed by atoms with Crippen molar-refractivity contribution in [3.8, 4) is 0 Å². The molecule has 4 heterocycles. The van der Waals surface area contributed by atoms with Gasteiger partial charge in [-0.2, -0.15) is 0 Å². The largest absolute Gasteiger partial charge is 0.362 e. The molecule has 2 aliphatic rings. The fourth-order valence-electron chi connectivity index (χ4n) is 6.23. The van der Waals surface area contributed by atoms with Crippen molar-refractivity contribution in [3.05, 3.63) is 136 Å². The summed E-state index contributed by atoms with van der Waals surface area (Å²) < 4.78 is 26.5. The van der Waals surface area contributed by atoms with Gasteiger partial charge in [0.2, 0.25) is 0 Å². The van der Waals surface area contributed by atoms with Crippen molar-refractivity contribution in [2.24, 2.45) is 0 Å². The summed E-state index contributed by atoms with van der Waals surface area (Å²) in [5, 5.41) is 0. The molecule has 41 heavy (non-hydrogen) atoms. The van der Waals surface area contributed by atoms with E-state index in [4.69, 9.17) is 18.9 Å². The van der Waals surface area contributed by atoms with Gasteiger partial charge < -0.3 is 28.9 Å². The first-order valence-electron chi connectivity index (χ1n) is 13.8. The maximum atomic E-state index is 12.4. The standard InChI is InChI=1S/C33H31N3O5/c1-32(2)40-29-25(39-28(30(29)41-32)24-18-34-27-26(24)35-20-36-31(27)37)19-38-33(21-12-6-3-7-13-21,22-14-8-4-9-15-22)23-16-10-5-11-17-23/h3-18,20,25,28-30,34H,19H2,1-2H3,(H,35,36,37). The molecule has 2 aliphatic heterocycles. The summed E-state index contributed by atoms with van der Waals surface area (Å²) in [7, 11) is 0. The van der Waals surface area contributed by atoms with Crippen molar-refractivity contribution in [1.82, 2.24) is 15.0 Å². The fraction of sp³-hybridized carbons (Fsp3) is 0.273. The molecular weight excluding hydrogens is 518 g/mol. The minimum Gasteiger partial charge on any atom is -0.362 e. The number of aromatic amines is 2. The van der Waals surface area contributed by atoms with Gasteiger partial charge >= 0.3 is 0 Å². The molecule has 8 heteroatoms. The number of fused-ring (bicyclic) bond motifs is 2. The molecule has 2 fully saturated rings. The summed E-state index contributed by atoms with van der Waals surface area (Å²) in [6, 6.07) is 30.7. The van der Waals surface area contributed by atoms with Crippen LogP contribution in [0, 0.1) is 0 Å². The van der Waals surface area contributed by atoms with Crippen LogP contribution >= 0.6 is 0 Å². The number of aromatic nitrogens is 3. The monoisotopic (exact) mass is 549 g/mol. The molecule has 5 aromatic rings. The van der Waals surface area contributed by atoms with Gasteiger partial charge in [0.05, 0.1) is 12.9 Å². The lowest BCUT2D eigenvalue weighted by atomic mass is 9.80. The van der Waals surface area contributed by atoms with Gasteiger partial charge in [-0.3, -0.25) is 4.79 Å². The van der Waals surface area contributed by atoms with E-state index in [1.54, 1.807) is 6.20 Å². The zero-order valence-electron chi connectivity index (χ0n) is 22.8. The summed E-state index contributed by atoms with van der Waals surface area (Å²) in [6.07, 6.45) is 1.43. The molecule has 4 unspecified atom stereocenters. The first-order valence-corrected chi connectivity index (χ1v) is 13.8. The highest BCUT2D eigenvalue weighted by atomic mass is 16.8. The fourth-order valence-corrected chi connectivity index (χ4v) is 6.23. The highest BCUT2D eigenvalue weighted by Crippen LogP contribution is 2.48. The Hall–Kier alpha value is -4.08. The highest BCUT2D eigenvalue weighted by molar-refractivity contribution is 5.78. The molecule has 0 bridgehead atoms. The quantitative estimate of drug-likeness (QED) is 0.270. The first-order chi connectivity index (χ1) is 20.0. The summed E-state index contributed by atoms with van der Waals surface area (Å²) in [5.41, 5.74) is 3.60. The zero-order valence-corrected chi connectivity index (χ0v) is 22.8. The van der Waals surface area contributed by atoms with Gasteiger partial charge in [-0.15, -0.1) is 0 Å². The number of rotatable bonds is 7. The molecule has 8 nitrogen and oxygen atoms in total. The molecule has 7 rings (SSSR count). The SMILES string of the molecule is CC1(C)OC2C(COC(c3ccccc3)(c3ccccc3)c3ccccc3)OC(c3c[nH]c4c(=O)[nH]cnc34)C2O1. The lowest BCUT2D eigenvalue weighted by molar-refractivity contribution is -0.196. The molecule has 2 N–H and O–H groups in total. The smallest absolute Gasteiger partial charge is 0.275 e. The van der Waals surface area contributed by atoms with Crippen LogP contribution in [0.3, 0.4) is 0 Å². The molecule has 208 valence electrons. The van der Waals surface area contributed by atoms with Crippen molar-refractivity contribution in [2.45, 2.75) is 49.7 Å². The summed E-state index contributed by atoms with van der Waals surface area (Å²) in [5.74, 6) is -0.804. The number of nitrogens with zero attached hydrogens (tertiary/aromatic N) is 1. The second kappa shape index (κ2) is 10.1. The Morgan fingerprint density at radius 2 is 1.39 bits per heavy atom. The van der Waals surface area contributed by atoms with Gasteiger partial charge in [0.25, 0.3) is 5.56 Å². The average Bonchev–Trinajstić information content (AvgIpc) is 3.67. The predicted molar refractivity (Wildman–Crippen MR) is 153 cm³/mol. The van der Waals surface area contributed by atoms with E-state index in [0.29, 0.717) is 11.0 Å². The molecule has 2 aromatic heterocycles. The molecule has 2 saturated heterocycles. The Kier molecular flexibility index (Phi) is 6.36. The Bertz CT molecular complexity index is 1600. The highest BCUT2D eigenvalue weighted by Gasteiger charge is 2.56. The van der Waals surface area contributed by atoms with Gasteiger partial charge in [-0.1, -0.05) is 91.0 Å². The topological polar surface area (TPSA) is 98.5 Å². The second-order valence-corrected chi connectivity index (χ2v) is 10.9. The molecule has 0 aliphatic carbocycles. The Balaban J connectivity index is 1.29. The minimum atomic E-state index is -0.897. The lowest BCUT2D eigenvalue weighted by Gasteiger charge is -2.37. The van der Waals surface area contributed by atoms with E-state index in [0.717, 1.165) is 22.3 Å². The Morgan fingerprint density at radius 3 is 1.98 bits per heavy atom. The van der Waals surface area contributed by atoms with Gasteiger partial charge in [-0.05, 0) is 30.5 Å². The van der Waals surface area contributed by atoms with E-state index in [2.05, 4.69) is 51.4 Å². The number of hydrogen-bond acceptors (Lipinski definition) is 6. The van der Waals surface area contributed by atoms with Crippen LogP contribution < -0.4 is 5.56 Å². The molecule has 0 radical (unpaired) electrons. The number of nitrogens with one attached hydrogen (secondary N) is 2. The van der Waals surface area contributed by atoms with E-state index in [-0.39, 0.29) is 18.3 Å². The second-order valence-electron chi connectivity index (χ2n) is 10.9. The summed E-state index contributed by atoms with van der Waals surface area (Å²) in [6.45, 7) is 4.04.